The van der Waals surface area contributed by atoms with Gasteiger partial charge in [-0.1, -0.05) is 0 Å². The van der Waals surface area contributed by atoms with E-state index in [0.29, 0.717) is 6.07 Å². The van der Waals surface area contributed by atoms with Gasteiger partial charge in [-0.25, -0.2) is 9.18 Å². The lowest BCUT2D eigenvalue weighted by molar-refractivity contribution is -0.211. The Labute approximate surface area is 95.6 Å². The van der Waals surface area contributed by atoms with Gasteiger partial charge in [-0.05, 0) is 18.2 Å². The van der Waals surface area contributed by atoms with E-state index in [0.717, 1.165) is 0 Å². The molecular weight excluding hydrogens is 270 g/mol. The van der Waals surface area contributed by atoms with E-state index < -0.39 is 35.4 Å². The molecule has 1 rings (SSSR count). The predicted molar refractivity (Wildman–Crippen MR) is 44.6 cm³/mol. The van der Waals surface area contributed by atoms with Crippen LogP contribution >= 0.6 is 0 Å². The fourth-order valence-electron chi connectivity index (χ4n) is 0.977. The number of hydrogen-bond donors (Lipinski definition) is 1. The van der Waals surface area contributed by atoms with E-state index in [4.69, 9.17) is 5.11 Å². The second-order valence-electron chi connectivity index (χ2n) is 3.06. The molecule has 0 aromatic heterocycles. The molecule has 1 aromatic rings. The Bertz CT molecular complexity index is 468. The van der Waals surface area contributed by atoms with Crippen molar-refractivity contribution in [1.29, 1.82) is 0 Å². The van der Waals surface area contributed by atoms with Gasteiger partial charge in [0.05, 0.1) is 5.56 Å². The van der Waals surface area contributed by atoms with Gasteiger partial charge in [0.15, 0.2) is 0 Å². The van der Waals surface area contributed by atoms with Gasteiger partial charge < -0.3 is 9.84 Å². The maximum Gasteiger partial charge on any atom is 0.501 e. The van der Waals surface area contributed by atoms with Gasteiger partial charge in [0.25, 0.3) is 0 Å². The third-order valence-electron chi connectivity index (χ3n) is 1.74. The first-order chi connectivity index (χ1) is 8.04. The normalized spacial score (nSPS) is 12.3. The van der Waals surface area contributed by atoms with E-state index in [1.807, 2.05) is 0 Å². The minimum absolute atomic E-state index is 0.0494. The molecule has 18 heavy (non-hydrogen) atoms. The molecule has 0 aliphatic heterocycles. The molecule has 0 saturated carbocycles. The van der Waals surface area contributed by atoms with Crippen molar-refractivity contribution in [2.45, 2.75) is 12.3 Å². The van der Waals surface area contributed by atoms with Gasteiger partial charge in [-0.15, -0.1) is 0 Å². The quantitative estimate of drug-likeness (QED) is 0.862. The number of carbonyl (C=O) groups is 1. The lowest BCUT2D eigenvalue weighted by Crippen LogP contribution is -2.34. The Morgan fingerprint density at radius 1 is 1.17 bits per heavy atom. The summed E-state index contributed by atoms with van der Waals surface area (Å²) < 4.78 is 78.1. The van der Waals surface area contributed by atoms with E-state index >= 15 is 0 Å². The average molecular weight is 274 g/mol. The van der Waals surface area contributed by atoms with Crippen LogP contribution in [0.15, 0.2) is 18.2 Å². The summed E-state index contributed by atoms with van der Waals surface area (Å²) in [6.45, 7) is 0. The van der Waals surface area contributed by atoms with E-state index in [1.165, 1.54) is 0 Å². The van der Waals surface area contributed by atoms with Crippen LogP contribution in [0.2, 0.25) is 0 Å². The summed E-state index contributed by atoms with van der Waals surface area (Å²) in [5.41, 5.74) is -1.83. The maximum absolute atomic E-state index is 12.8. The zero-order valence-electron chi connectivity index (χ0n) is 8.26. The molecule has 0 amide bonds. The zero-order valence-corrected chi connectivity index (χ0v) is 8.26. The van der Waals surface area contributed by atoms with Crippen molar-refractivity contribution in [2.75, 3.05) is 0 Å². The molecule has 0 aliphatic carbocycles. The van der Waals surface area contributed by atoms with Crippen molar-refractivity contribution in [3.63, 3.8) is 0 Å². The number of hydrogen-bond acceptors (Lipinski definition) is 2. The molecule has 1 aromatic carbocycles. The summed E-state index contributed by atoms with van der Waals surface area (Å²) in [7, 11) is 0. The van der Waals surface area contributed by atoms with Crippen LogP contribution in [-0.2, 0) is 11.0 Å². The summed E-state index contributed by atoms with van der Waals surface area (Å²) in [6.07, 6.45) is -9.82. The molecule has 0 atom stereocenters. The van der Waals surface area contributed by atoms with Crippen molar-refractivity contribution in [1.82, 2.24) is 0 Å². The third-order valence-corrected chi connectivity index (χ3v) is 1.74. The predicted octanol–water partition coefficient (Wildman–Crippen LogP) is 2.90. The number of halogens is 6. The van der Waals surface area contributed by atoms with E-state index in [9.17, 15) is 31.1 Å². The topological polar surface area (TPSA) is 46.5 Å². The summed E-state index contributed by atoms with van der Waals surface area (Å²) in [5.74, 6) is -5.48. The van der Waals surface area contributed by atoms with Crippen molar-refractivity contribution in [3.8, 4) is 5.75 Å². The van der Waals surface area contributed by atoms with Crippen molar-refractivity contribution in [2.24, 2.45) is 0 Å². The molecule has 1 N–H and O–H groups in total. The highest BCUT2D eigenvalue weighted by atomic mass is 19.4. The molecular formula is C9H4F6O3. The first kappa shape index (κ1) is 14.1. The highest BCUT2D eigenvalue weighted by molar-refractivity contribution is 5.73. The van der Waals surface area contributed by atoms with Crippen molar-refractivity contribution < 1.29 is 41.0 Å². The van der Waals surface area contributed by atoms with Gasteiger partial charge in [-0.2, -0.15) is 22.0 Å². The van der Waals surface area contributed by atoms with Crippen molar-refractivity contribution in [3.05, 3.63) is 29.6 Å². The van der Waals surface area contributed by atoms with Crippen LogP contribution in [0.5, 0.6) is 5.75 Å². The van der Waals surface area contributed by atoms with Crippen LogP contribution in [0.3, 0.4) is 0 Å². The maximum atomic E-state index is 12.8. The fraction of sp³-hybridized carbons (Fsp3) is 0.222. The third kappa shape index (κ3) is 3.05. The number of benzene rings is 1. The largest absolute Gasteiger partial charge is 0.501 e. The SMILES string of the molecule is O=C(O)C(F)(F)Oc1ccc(F)c(C(F)(F)F)c1. The van der Waals surface area contributed by atoms with Gasteiger partial charge in [0, 0.05) is 0 Å². The van der Waals surface area contributed by atoms with E-state index in [2.05, 4.69) is 4.74 Å². The first-order valence-corrected chi connectivity index (χ1v) is 4.21. The van der Waals surface area contributed by atoms with Crippen LogP contribution in [0.1, 0.15) is 5.56 Å². The van der Waals surface area contributed by atoms with Crippen LogP contribution in [-0.4, -0.2) is 17.2 Å². The summed E-state index contributed by atoms with van der Waals surface area (Å²) >= 11 is 0. The number of carboxylic acid groups (broad SMARTS) is 1. The monoisotopic (exact) mass is 274 g/mol. The minimum atomic E-state index is -5.11. The highest BCUT2D eigenvalue weighted by Gasteiger charge is 2.43. The van der Waals surface area contributed by atoms with E-state index in [-0.39, 0.29) is 12.1 Å². The van der Waals surface area contributed by atoms with Crippen LogP contribution < -0.4 is 4.74 Å². The van der Waals surface area contributed by atoms with Crippen LogP contribution in [0.25, 0.3) is 0 Å². The lowest BCUT2D eigenvalue weighted by Gasteiger charge is -2.15. The second-order valence-corrected chi connectivity index (χ2v) is 3.06. The average Bonchev–Trinajstić information content (AvgIpc) is 2.18. The molecule has 0 spiro atoms. The van der Waals surface area contributed by atoms with Crippen molar-refractivity contribution >= 4 is 5.97 Å². The Balaban J connectivity index is 3.11. The number of carboxylic acids is 1. The Kier molecular flexibility index (Phi) is 3.45. The van der Waals surface area contributed by atoms with Gasteiger partial charge >= 0.3 is 18.3 Å². The first-order valence-electron chi connectivity index (χ1n) is 4.21. The Morgan fingerprint density at radius 2 is 1.72 bits per heavy atom. The molecule has 0 radical (unpaired) electrons. The Morgan fingerprint density at radius 3 is 2.17 bits per heavy atom. The minimum Gasteiger partial charge on any atom is -0.474 e. The van der Waals surface area contributed by atoms with E-state index in [1.54, 1.807) is 0 Å². The molecule has 0 unspecified atom stereocenters. The molecule has 0 bridgehead atoms. The van der Waals surface area contributed by atoms with Gasteiger partial charge in [0.2, 0.25) is 0 Å². The standard InChI is InChI=1S/C9H4F6O3/c10-6-2-1-4(3-5(6)8(11,12)13)18-9(14,15)7(16)17/h1-3H,(H,16,17). The van der Waals surface area contributed by atoms with Crippen LogP contribution in [0.4, 0.5) is 26.3 Å². The van der Waals surface area contributed by atoms with Gasteiger partial charge in [0.1, 0.15) is 11.6 Å². The second kappa shape index (κ2) is 4.39. The molecule has 0 saturated heterocycles. The summed E-state index contributed by atoms with van der Waals surface area (Å²) in [4.78, 5) is 10.0. The lowest BCUT2D eigenvalue weighted by atomic mass is 10.2. The number of aliphatic carboxylic acids is 1. The highest BCUT2D eigenvalue weighted by Crippen LogP contribution is 2.34. The molecule has 3 nitrogen and oxygen atoms in total. The Hall–Kier alpha value is -1.93. The van der Waals surface area contributed by atoms with Crippen LogP contribution in [0, 0.1) is 5.82 Å². The molecule has 0 aliphatic rings. The fourth-order valence-corrected chi connectivity index (χ4v) is 0.977. The number of alkyl halides is 5. The zero-order chi connectivity index (χ0) is 14.1. The van der Waals surface area contributed by atoms with Gasteiger partial charge in [-0.3, -0.25) is 0 Å². The molecule has 0 heterocycles. The summed E-state index contributed by atoms with van der Waals surface area (Å²) in [6, 6.07) is 0.656. The summed E-state index contributed by atoms with van der Waals surface area (Å²) in [5, 5.41) is 8.02. The number of rotatable bonds is 3. The molecule has 100 valence electrons. The molecule has 0 fully saturated rings. The number of ether oxygens (including phenoxy) is 1. The smallest absolute Gasteiger partial charge is 0.474 e. The molecule has 9 heteroatoms.